The van der Waals surface area contributed by atoms with Crippen molar-refractivity contribution < 1.29 is 4.74 Å². The smallest absolute Gasteiger partial charge is 0.0803 e. The molecule has 0 fully saturated rings. The van der Waals surface area contributed by atoms with Gasteiger partial charge in [0, 0.05) is 44.0 Å². The highest BCUT2D eigenvalue weighted by molar-refractivity contribution is 5.94. The number of hydrogen-bond acceptors (Lipinski definition) is 3. The van der Waals surface area contributed by atoms with Gasteiger partial charge in [0.2, 0.25) is 0 Å². The van der Waals surface area contributed by atoms with Gasteiger partial charge in [0.05, 0.1) is 24.0 Å². The van der Waals surface area contributed by atoms with Gasteiger partial charge in [0.15, 0.2) is 0 Å². The minimum Gasteiger partial charge on any atom is -0.383 e. The quantitative estimate of drug-likeness (QED) is 0.685. The van der Waals surface area contributed by atoms with Gasteiger partial charge in [-0.3, -0.25) is 4.98 Å². The Morgan fingerprint density at radius 1 is 1.12 bits per heavy atom. The molecule has 1 aromatic carbocycles. The summed E-state index contributed by atoms with van der Waals surface area (Å²) in [6, 6.07) is 8.77. The van der Waals surface area contributed by atoms with Gasteiger partial charge in [-0.2, -0.15) is 0 Å². The number of nitrogens with zero attached hydrogens (tertiary/aromatic N) is 3. The number of aryl methyl sites for hydroxylation is 1. The summed E-state index contributed by atoms with van der Waals surface area (Å²) < 4.78 is 7.74. The molecule has 4 nitrogen and oxygen atoms in total. The zero-order valence-electron chi connectivity index (χ0n) is 15.7. The van der Waals surface area contributed by atoms with Crippen molar-refractivity contribution in [3.8, 4) is 0 Å². The van der Waals surface area contributed by atoms with Crippen molar-refractivity contribution >= 4 is 29.0 Å². The second-order valence-corrected chi connectivity index (χ2v) is 6.85. The Hall–Kier alpha value is -2.04. The van der Waals surface area contributed by atoms with Crippen LogP contribution < -0.4 is 4.90 Å². The fourth-order valence-electron chi connectivity index (χ4n) is 3.96. The summed E-state index contributed by atoms with van der Waals surface area (Å²) in [6.45, 7) is 7.96. The summed E-state index contributed by atoms with van der Waals surface area (Å²) >= 11 is 0. The molecule has 5 heteroatoms. The molecule has 1 aliphatic heterocycles. The predicted molar refractivity (Wildman–Crippen MR) is 110 cm³/mol. The second kappa shape index (κ2) is 7.68. The topological polar surface area (TPSA) is 30.3 Å². The van der Waals surface area contributed by atoms with Crippen molar-refractivity contribution in [2.24, 2.45) is 0 Å². The lowest BCUT2D eigenvalue weighted by molar-refractivity contribution is 0.188. The maximum atomic E-state index is 5.34. The Kier molecular flexibility index (Phi) is 5.54. The van der Waals surface area contributed by atoms with Crippen LogP contribution in [0.3, 0.4) is 0 Å². The van der Waals surface area contributed by atoms with Crippen LogP contribution >= 0.6 is 12.4 Å². The lowest BCUT2D eigenvalue weighted by Crippen LogP contribution is -2.30. The van der Waals surface area contributed by atoms with E-state index in [-0.39, 0.29) is 12.4 Å². The van der Waals surface area contributed by atoms with Gasteiger partial charge in [0.1, 0.15) is 0 Å². The molecule has 0 amide bonds. The number of ether oxygens (including phenoxy) is 1. The third-order valence-corrected chi connectivity index (χ3v) is 5.51. The molecular formula is C21H26ClN3O. The van der Waals surface area contributed by atoms with E-state index in [9.17, 15) is 0 Å². The maximum absolute atomic E-state index is 5.34. The zero-order valence-corrected chi connectivity index (χ0v) is 16.5. The highest BCUT2D eigenvalue weighted by Crippen LogP contribution is 2.34. The molecule has 0 unspecified atom stereocenters. The molecule has 3 aromatic rings. The van der Waals surface area contributed by atoms with E-state index in [1.807, 2.05) is 12.4 Å². The van der Waals surface area contributed by atoms with Gasteiger partial charge in [-0.25, -0.2) is 0 Å². The molecule has 0 spiro atoms. The zero-order chi connectivity index (χ0) is 17.4. The van der Waals surface area contributed by atoms with Crippen LogP contribution in [0.5, 0.6) is 0 Å². The summed E-state index contributed by atoms with van der Waals surface area (Å²) in [5.41, 5.74) is 8.05. The molecule has 1 aliphatic rings. The van der Waals surface area contributed by atoms with E-state index < -0.39 is 0 Å². The van der Waals surface area contributed by atoms with Crippen molar-refractivity contribution in [1.29, 1.82) is 0 Å². The van der Waals surface area contributed by atoms with Gasteiger partial charge < -0.3 is 14.2 Å². The summed E-state index contributed by atoms with van der Waals surface area (Å²) in [4.78, 5) is 7.03. The molecule has 0 aliphatic carbocycles. The van der Waals surface area contributed by atoms with E-state index >= 15 is 0 Å². The summed E-state index contributed by atoms with van der Waals surface area (Å²) in [7, 11) is 1.76. The number of anilines is 1. The molecular weight excluding hydrogens is 346 g/mol. The van der Waals surface area contributed by atoms with E-state index in [1.165, 1.54) is 39.0 Å². The largest absolute Gasteiger partial charge is 0.383 e. The minimum atomic E-state index is 0. The van der Waals surface area contributed by atoms with Crippen molar-refractivity contribution in [2.45, 2.75) is 33.4 Å². The van der Waals surface area contributed by atoms with Crippen molar-refractivity contribution in [3.05, 3.63) is 59.0 Å². The first-order chi connectivity index (χ1) is 12.2. The van der Waals surface area contributed by atoms with Crippen LogP contribution in [-0.2, 0) is 24.2 Å². The van der Waals surface area contributed by atoms with Gasteiger partial charge in [-0.15, -0.1) is 12.4 Å². The molecule has 0 radical (unpaired) electrons. The third kappa shape index (κ3) is 3.08. The van der Waals surface area contributed by atoms with E-state index in [0.29, 0.717) is 6.61 Å². The normalized spacial score (nSPS) is 13.6. The maximum Gasteiger partial charge on any atom is 0.0803 e. The molecule has 0 saturated heterocycles. The van der Waals surface area contributed by atoms with Gasteiger partial charge >= 0.3 is 0 Å². The Morgan fingerprint density at radius 2 is 1.88 bits per heavy atom. The molecule has 0 bridgehead atoms. The van der Waals surface area contributed by atoms with Crippen LogP contribution in [0.2, 0.25) is 0 Å². The van der Waals surface area contributed by atoms with Gasteiger partial charge in [0.25, 0.3) is 0 Å². The van der Waals surface area contributed by atoms with E-state index in [1.54, 1.807) is 7.11 Å². The number of pyridine rings is 1. The van der Waals surface area contributed by atoms with E-state index in [0.717, 1.165) is 26.1 Å². The van der Waals surface area contributed by atoms with Crippen LogP contribution in [0, 0.1) is 13.8 Å². The lowest BCUT2D eigenvalue weighted by Gasteiger charge is -2.31. The van der Waals surface area contributed by atoms with E-state index in [4.69, 9.17) is 4.74 Å². The Bertz CT molecular complexity index is 919. The van der Waals surface area contributed by atoms with Crippen molar-refractivity contribution in [2.75, 3.05) is 25.2 Å². The SMILES string of the molecule is COCCn1c(C)c(C)c2cncc(N3CCc4ccccc4C3)c21.Cl. The van der Waals surface area contributed by atoms with Crippen LogP contribution in [0.1, 0.15) is 22.4 Å². The Labute approximate surface area is 161 Å². The van der Waals surface area contributed by atoms with Gasteiger partial charge in [-0.05, 0) is 37.0 Å². The fourth-order valence-corrected chi connectivity index (χ4v) is 3.96. The highest BCUT2D eigenvalue weighted by Gasteiger charge is 2.21. The molecule has 0 atom stereocenters. The monoisotopic (exact) mass is 371 g/mol. The average Bonchev–Trinajstić information content (AvgIpc) is 2.90. The summed E-state index contributed by atoms with van der Waals surface area (Å²) in [5.74, 6) is 0. The third-order valence-electron chi connectivity index (χ3n) is 5.51. The van der Waals surface area contributed by atoms with Crippen LogP contribution in [0.25, 0.3) is 10.9 Å². The minimum absolute atomic E-state index is 0. The number of halogens is 1. The first kappa shape index (κ1) is 18.7. The van der Waals surface area contributed by atoms with Crippen molar-refractivity contribution in [1.82, 2.24) is 9.55 Å². The summed E-state index contributed by atoms with van der Waals surface area (Å²) in [6.07, 6.45) is 5.12. The molecule has 26 heavy (non-hydrogen) atoms. The first-order valence-corrected chi connectivity index (χ1v) is 8.94. The van der Waals surface area contributed by atoms with Crippen molar-refractivity contribution in [3.63, 3.8) is 0 Å². The Balaban J connectivity index is 0.00000196. The van der Waals surface area contributed by atoms with Crippen LogP contribution in [-0.4, -0.2) is 29.8 Å². The number of methoxy groups -OCH3 is 1. The van der Waals surface area contributed by atoms with E-state index in [2.05, 4.69) is 52.6 Å². The molecule has 3 heterocycles. The number of rotatable bonds is 4. The second-order valence-electron chi connectivity index (χ2n) is 6.85. The molecule has 2 aromatic heterocycles. The standard InChI is InChI=1S/C21H25N3O.ClH/c1-15-16(2)24(10-11-25-3)21-19(15)12-22-13-20(21)23-9-8-17-6-4-5-7-18(17)14-23;/h4-7,12-13H,8-11,14H2,1-3H3;1H. The fraction of sp³-hybridized carbons (Fsp3) is 0.381. The van der Waals surface area contributed by atoms with Gasteiger partial charge in [-0.1, -0.05) is 24.3 Å². The number of benzene rings is 1. The van der Waals surface area contributed by atoms with Crippen LogP contribution in [0.15, 0.2) is 36.7 Å². The predicted octanol–water partition coefficient (Wildman–Crippen LogP) is 4.28. The highest BCUT2D eigenvalue weighted by atomic mass is 35.5. The molecule has 138 valence electrons. The number of hydrogen-bond donors (Lipinski definition) is 0. The summed E-state index contributed by atoms with van der Waals surface area (Å²) in [5, 5.41) is 1.25. The number of aromatic nitrogens is 2. The molecule has 0 saturated carbocycles. The Morgan fingerprint density at radius 3 is 2.65 bits per heavy atom. The molecule has 4 rings (SSSR count). The molecule has 0 N–H and O–H groups in total. The lowest BCUT2D eigenvalue weighted by atomic mass is 9.99. The first-order valence-electron chi connectivity index (χ1n) is 8.94. The van der Waals surface area contributed by atoms with Crippen LogP contribution in [0.4, 0.5) is 5.69 Å². The number of fused-ring (bicyclic) bond motifs is 2. The average molecular weight is 372 g/mol.